The second-order valence-corrected chi connectivity index (χ2v) is 13.2. The van der Waals surface area contributed by atoms with Crippen LogP contribution in [0.25, 0.3) is 10.9 Å². The number of amides is 1. The second kappa shape index (κ2) is 12.1. The van der Waals surface area contributed by atoms with E-state index in [0.717, 1.165) is 6.07 Å². The molecular formula is C33H34Cl2F2N4O3. The molecular weight excluding hydrogens is 609 g/mol. The van der Waals surface area contributed by atoms with E-state index < -0.39 is 47.1 Å². The number of rotatable bonds is 7. The van der Waals surface area contributed by atoms with Crippen LogP contribution in [0.5, 0.6) is 0 Å². The van der Waals surface area contributed by atoms with E-state index >= 15 is 8.78 Å². The lowest BCUT2D eigenvalue weighted by molar-refractivity contribution is -0.118. The first-order chi connectivity index (χ1) is 20.7. The average Bonchev–Trinajstić information content (AvgIpc) is 3.49. The Kier molecular flexibility index (Phi) is 8.79. The van der Waals surface area contributed by atoms with Crippen LogP contribution in [0.1, 0.15) is 61.6 Å². The third kappa shape index (κ3) is 6.06. The van der Waals surface area contributed by atoms with Crippen molar-refractivity contribution in [1.29, 1.82) is 0 Å². The van der Waals surface area contributed by atoms with Crippen LogP contribution in [-0.2, 0) is 15.1 Å². The van der Waals surface area contributed by atoms with E-state index in [4.69, 9.17) is 33.7 Å². The van der Waals surface area contributed by atoms with Gasteiger partial charge in [-0.25, -0.2) is 13.6 Å². The van der Waals surface area contributed by atoms with Crippen molar-refractivity contribution in [3.63, 3.8) is 0 Å². The van der Waals surface area contributed by atoms with Gasteiger partial charge in [-0.15, -0.1) is 0 Å². The number of ether oxygens (including phenoxy) is 1. The molecule has 4 aromatic rings. The minimum atomic E-state index is -1.59. The number of H-pyrrole nitrogens is 1. The number of aromatic nitrogens is 1. The lowest BCUT2D eigenvalue weighted by Crippen LogP contribution is -2.52. The molecule has 0 radical (unpaired) electrons. The lowest BCUT2D eigenvalue weighted by atomic mass is 9.68. The van der Waals surface area contributed by atoms with E-state index in [9.17, 15) is 9.59 Å². The van der Waals surface area contributed by atoms with Gasteiger partial charge in [-0.05, 0) is 66.8 Å². The van der Waals surface area contributed by atoms with Gasteiger partial charge in [0.2, 0.25) is 5.91 Å². The first-order valence-corrected chi connectivity index (χ1v) is 15.0. The molecule has 2 heterocycles. The molecule has 4 atom stereocenters. The van der Waals surface area contributed by atoms with Crippen molar-refractivity contribution in [1.82, 2.24) is 10.3 Å². The van der Waals surface area contributed by atoms with Crippen LogP contribution < -0.4 is 16.4 Å². The van der Waals surface area contributed by atoms with Gasteiger partial charge in [0.1, 0.15) is 17.3 Å². The fourth-order valence-corrected chi connectivity index (χ4v) is 6.49. The molecule has 1 aliphatic rings. The Morgan fingerprint density at radius 2 is 1.82 bits per heavy atom. The molecule has 0 bridgehead atoms. The number of benzene rings is 3. The summed E-state index contributed by atoms with van der Waals surface area (Å²) >= 11 is 12.3. The number of hydrogen-bond donors (Lipinski definition) is 4. The lowest BCUT2D eigenvalue weighted by Gasteiger charge is -2.40. The number of carbonyl (C=O) groups excluding carboxylic acids is 2. The van der Waals surface area contributed by atoms with E-state index in [1.54, 1.807) is 37.3 Å². The number of esters is 1. The van der Waals surface area contributed by atoms with Crippen LogP contribution in [0.2, 0.25) is 10.0 Å². The molecule has 0 spiro atoms. The van der Waals surface area contributed by atoms with Crippen molar-refractivity contribution in [2.45, 2.75) is 57.7 Å². The third-order valence-electron chi connectivity index (χ3n) is 8.00. The number of nitrogens with one attached hydrogen (secondary N) is 3. The van der Waals surface area contributed by atoms with Crippen molar-refractivity contribution in [2.75, 3.05) is 11.9 Å². The van der Waals surface area contributed by atoms with Crippen molar-refractivity contribution in [3.8, 4) is 0 Å². The standard InChI is InChI=1S/C33H34Cl2F2N4O3/c1-5-44-31(43)25-14-17-13-19(10-12-24(17)40-25)39-30(42)29-27(20-7-6-8-22(35)28(20)37)33(38,26(41-29)16-32(2,3)4)21-11-9-18(34)15-23(21)36/h6-15,26-27,29,40-41H,5,16,38H2,1-4H3,(H,39,42)/t26-,27-,29+,33+/m0/s1. The summed E-state index contributed by atoms with van der Waals surface area (Å²) in [4.78, 5) is 29.3. The van der Waals surface area contributed by atoms with Gasteiger partial charge in [0.15, 0.2) is 0 Å². The Hall–Kier alpha value is -3.50. The number of fused-ring (bicyclic) bond motifs is 1. The Balaban J connectivity index is 1.60. The van der Waals surface area contributed by atoms with Gasteiger partial charge in [0.05, 0.1) is 23.2 Å². The van der Waals surface area contributed by atoms with Gasteiger partial charge in [-0.2, -0.15) is 0 Å². The quantitative estimate of drug-likeness (QED) is 0.158. The van der Waals surface area contributed by atoms with Crippen LogP contribution >= 0.6 is 23.2 Å². The number of anilines is 1. The molecule has 3 aromatic carbocycles. The molecule has 44 heavy (non-hydrogen) atoms. The topological polar surface area (TPSA) is 109 Å². The van der Waals surface area contributed by atoms with E-state index in [1.807, 2.05) is 20.8 Å². The smallest absolute Gasteiger partial charge is 0.354 e. The zero-order valence-electron chi connectivity index (χ0n) is 24.7. The molecule has 5 N–H and O–H groups in total. The van der Waals surface area contributed by atoms with E-state index in [2.05, 4.69) is 15.6 Å². The summed E-state index contributed by atoms with van der Waals surface area (Å²) in [6.07, 6.45) is 0.431. The number of halogens is 4. The summed E-state index contributed by atoms with van der Waals surface area (Å²) in [7, 11) is 0. The highest BCUT2D eigenvalue weighted by molar-refractivity contribution is 6.31. The highest BCUT2D eigenvalue weighted by Gasteiger charge is 2.58. The van der Waals surface area contributed by atoms with E-state index in [-0.39, 0.29) is 38.9 Å². The van der Waals surface area contributed by atoms with Crippen molar-refractivity contribution in [2.24, 2.45) is 11.1 Å². The number of carbonyl (C=O) groups is 2. The van der Waals surface area contributed by atoms with Crippen LogP contribution in [-0.4, -0.2) is 35.6 Å². The summed E-state index contributed by atoms with van der Waals surface area (Å²) in [5.41, 5.74) is 6.93. The van der Waals surface area contributed by atoms with Crippen LogP contribution in [0.4, 0.5) is 14.5 Å². The highest BCUT2D eigenvalue weighted by Crippen LogP contribution is 2.50. The molecule has 7 nitrogen and oxygen atoms in total. The third-order valence-corrected chi connectivity index (χ3v) is 8.53. The maximum absolute atomic E-state index is 15.8. The van der Waals surface area contributed by atoms with Crippen LogP contribution in [0.3, 0.4) is 0 Å². The second-order valence-electron chi connectivity index (χ2n) is 12.3. The SMILES string of the molecule is CCOC(=O)c1cc2cc(NC(=O)[C@@H]3N[C@@H](CC(C)(C)C)[C@](N)(c4ccc(Cl)cc4F)[C@H]3c3cccc(Cl)c3F)ccc2[nH]1. The number of nitrogens with two attached hydrogens (primary N) is 1. The number of hydrogen-bond acceptors (Lipinski definition) is 5. The van der Waals surface area contributed by atoms with Gasteiger partial charge in [0, 0.05) is 39.1 Å². The predicted octanol–water partition coefficient (Wildman–Crippen LogP) is 7.28. The molecule has 5 rings (SSSR count). The van der Waals surface area contributed by atoms with Gasteiger partial charge >= 0.3 is 5.97 Å². The number of aromatic amines is 1. The fraction of sp³-hybridized carbons (Fsp3) is 0.333. The average molecular weight is 644 g/mol. The predicted molar refractivity (Wildman–Crippen MR) is 169 cm³/mol. The molecule has 1 aliphatic heterocycles. The minimum absolute atomic E-state index is 0.0820. The summed E-state index contributed by atoms with van der Waals surface area (Å²) in [6.45, 7) is 7.97. The maximum atomic E-state index is 15.8. The normalized spacial score (nSPS) is 21.9. The van der Waals surface area contributed by atoms with Gasteiger partial charge in [-0.3, -0.25) is 4.79 Å². The first kappa shape index (κ1) is 31.9. The molecule has 1 aromatic heterocycles. The Bertz CT molecular complexity index is 1740. The van der Waals surface area contributed by atoms with Crippen LogP contribution in [0, 0.1) is 17.0 Å². The Labute approximate surface area is 264 Å². The molecule has 1 amide bonds. The van der Waals surface area contributed by atoms with Gasteiger partial charge in [-0.1, -0.05) is 62.2 Å². The molecule has 0 saturated carbocycles. The molecule has 232 valence electrons. The summed E-state index contributed by atoms with van der Waals surface area (Å²) in [6, 6.07) is 13.7. The minimum Gasteiger partial charge on any atom is -0.461 e. The zero-order valence-corrected chi connectivity index (χ0v) is 26.2. The zero-order chi connectivity index (χ0) is 32.0. The molecule has 1 fully saturated rings. The van der Waals surface area contributed by atoms with Crippen LogP contribution in [0.15, 0.2) is 60.7 Å². The fourth-order valence-electron chi connectivity index (χ4n) is 6.15. The van der Waals surface area contributed by atoms with Gasteiger partial charge < -0.3 is 26.1 Å². The van der Waals surface area contributed by atoms with Crippen molar-refractivity contribution in [3.05, 3.63) is 99.2 Å². The molecule has 0 unspecified atom stereocenters. The summed E-state index contributed by atoms with van der Waals surface area (Å²) < 4.78 is 36.6. The van der Waals surface area contributed by atoms with E-state index in [0.29, 0.717) is 23.0 Å². The first-order valence-electron chi connectivity index (χ1n) is 14.3. The summed E-state index contributed by atoms with van der Waals surface area (Å²) in [5, 5.41) is 6.97. The Morgan fingerprint density at radius 1 is 1.07 bits per heavy atom. The molecule has 0 aliphatic carbocycles. The highest BCUT2D eigenvalue weighted by atomic mass is 35.5. The largest absolute Gasteiger partial charge is 0.461 e. The van der Waals surface area contributed by atoms with Gasteiger partial charge in [0.25, 0.3) is 0 Å². The molecule has 11 heteroatoms. The Morgan fingerprint density at radius 3 is 2.50 bits per heavy atom. The van der Waals surface area contributed by atoms with Crippen molar-refractivity contribution < 1.29 is 23.1 Å². The van der Waals surface area contributed by atoms with E-state index in [1.165, 1.54) is 24.3 Å². The monoisotopic (exact) mass is 642 g/mol. The summed E-state index contributed by atoms with van der Waals surface area (Å²) in [5.74, 6) is -3.47. The maximum Gasteiger partial charge on any atom is 0.354 e. The molecule has 1 saturated heterocycles. The van der Waals surface area contributed by atoms with Crippen molar-refractivity contribution >= 4 is 51.7 Å².